The zero-order valence-electron chi connectivity index (χ0n) is 16.2. The third-order valence-electron chi connectivity index (χ3n) is 4.88. The molecule has 146 valence electrons. The van der Waals surface area contributed by atoms with Crippen LogP contribution in [0, 0.1) is 20.8 Å². The highest BCUT2D eigenvalue weighted by atomic mass is 32.1. The normalized spacial score (nSPS) is 18.4. The van der Waals surface area contributed by atoms with Gasteiger partial charge >= 0.3 is 5.91 Å². The fourth-order valence-corrected chi connectivity index (χ4v) is 4.06. The Morgan fingerprint density at radius 3 is 2.07 bits per heavy atom. The summed E-state index contributed by atoms with van der Waals surface area (Å²) in [5.74, 6) is -1.65. The average Bonchev–Trinajstić information content (AvgIpc) is 3.24. The second-order valence-electron chi connectivity index (χ2n) is 7.05. The van der Waals surface area contributed by atoms with Gasteiger partial charge in [-0.2, -0.15) is 0 Å². The van der Waals surface area contributed by atoms with Gasteiger partial charge in [0.15, 0.2) is 0 Å². The molecule has 1 saturated heterocycles. The van der Waals surface area contributed by atoms with Crippen molar-refractivity contribution >= 4 is 33.9 Å². The van der Waals surface area contributed by atoms with Gasteiger partial charge in [-0.05, 0) is 26.3 Å². The molecule has 1 N–H and O–H groups in total. The van der Waals surface area contributed by atoms with Gasteiger partial charge in [-0.3, -0.25) is 14.5 Å². The molecule has 0 bridgehead atoms. The van der Waals surface area contributed by atoms with Crippen molar-refractivity contribution in [2.45, 2.75) is 26.8 Å². The monoisotopic (exact) mass is 405 g/mol. The lowest BCUT2D eigenvalue weighted by Crippen LogP contribution is -2.29. The fraction of sp³-hybridized carbons (Fsp3) is 0.182. The number of hydrogen-bond acceptors (Lipinski definition) is 6. The maximum absolute atomic E-state index is 13.0. The predicted molar refractivity (Wildman–Crippen MR) is 112 cm³/mol. The summed E-state index contributed by atoms with van der Waals surface area (Å²) in [4.78, 5) is 27.2. The van der Waals surface area contributed by atoms with E-state index < -0.39 is 17.7 Å². The summed E-state index contributed by atoms with van der Waals surface area (Å²) in [6.45, 7) is 5.68. The third-order valence-corrected chi connectivity index (χ3v) is 5.72. The molecule has 0 aliphatic carbocycles. The molecule has 0 unspecified atom stereocenters. The summed E-state index contributed by atoms with van der Waals surface area (Å²) >= 11 is 1.23. The first kappa shape index (κ1) is 19.0. The molecule has 6 nitrogen and oxygen atoms in total. The van der Waals surface area contributed by atoms with Gasteiger partial charge < -0.3 is 5.11 Å². The zero-order valence-corrected chi connectivity index (χ0v) is 17.0. The van der Waals surface area contributed by atoms with E-state index in [0.29, 0.717) is 15.7 Å². The number of anilines is 1. The molecule has 1 fully saturated rings. The number of hydrogen-bond donors (Lipinski definition) is 1. The second kappa shape index (κ2) is 7.25. The molecule has 3 aromatic rings. The van der Waals surface area contributed by atoms with Crippen LogP contribution in [0.5, 0.6) is 0 Å². The number of benzene rings is 2. The van der Waals surface area contributed by atoms with E-state index in [2.05, 4.69) is 10.2 Å². The number of rotatable bonds is 3. The summed E-state index contributed by atoms with van der Waals surface area (Å²) in [6.07, 6.45) is 0. The molecular weight excluding hydrogens is 386 g/mol. The Hall–Kier alpha value is -3.32. The van der Waals surface area contributed by atoms with Crippen molar-refractivity contribution in [2.24, 2.45) is 0 Å². The van der Waals surface area contributed by atoms with Crippen LogP contribution in [-0.2, 0) is 9.59 Å². The van der Waals surface area contributed by atoms with Crippen LogP contribution in [0.1, 0.15) is 33.3 Å². The Bertz CT molecular complexity index is 1130. The van der Waals surface area contributed by atoms with Gasteiger partial charge in [-0.1, -0.05) is 71.0 Å². The Kier molecular flexibility index (Phi) is 4.76. The lowest BCUT2D eigenvalue weighted by molar-refractivity contribution is -0.132. The molecule has 1 aliphatic heterocycles. The third kappa shape index (κ3) is 3.34. The smallest absolute Gasteiger partial charge is 0.301 e. The Labute approximate surface area is 172 Å². The number of carbonyl (C=O) groups is 2. The summed E-state index contributed by atoms with van der Waals surface area (Å²) in [7, 11) is 0. The first-order valence-corrected chi connectivity index (χ1v) is 9.93. The molecule has 2 heterocycles. The Morgan fingerprint density at radius 1 is 0.931 bits per heavy atom. The minimum atomic E-state index is -0.774. The molecule has 29 heavy (non-hydrogen) atoms. The number of aliphatic hydroxyl groups excluding tert-OH is 1. The topological polar surface area (TPSA) is 83.4 Å². The largest absolute Gasteiger partial charge is 0.507 e. The highest BCUT2D eigenvalue weighted by molar-refractivity contribution is 7.15. The number of ketones is 1. The van der Waals surface area contributed by atoms with Crippen molar-refractivity contribution in [2.75, 3.05) is 4.90 Å². The highest BCUT2D eigenvalue weighted by Crippen LogP contribution is 2.42. The van der Waals surface area contributed by atoms with Crippen molar-refractivity contribution in [3.8, 4) is 0 Å². The molecule has 1 amide bonds. The molecule has 1 aliphatic rings. The zero-order chi connectivity index (χ0) is 20.7. The van der Waals surface area contributed by atoms with Crippen molar-refractivity contribution in [1.29, 1.82) is 0 Å². The van der Waals surface area contributed by atoms with E-state index in [1.807, 2.05) is 50.2 Å². The summed E-state index contributed by atoms with van der Waals surface area (Å²) < 4.78 is 0. The molecule has 2 aromatic carbocycles. The minimum absolute atomic E-state index is 0.0514. The Morgan fingerprint density at radius 2 is 1.52 bits per heavy atom. The van der Waals surface area contributed by atoms with E-state index in [1.54, 1.807) is 19.1 Å². The van der Waals surface area contributed by atoms with Gasteiger partial charge in [0.1, 0.15) is 10.8 Å². The SMILES string of the molecule is Cc1ccc(/C(O)=C2\C(=O)C(=O)N(c3nnc(C)s3)[C@H]2c2ccc(C)cc2)cc1. The van der Waals surface area contributed by atoms with Crippen LogP contribution in [-0.4, -0.2) is 27.0 Å². The number of amides is 1. The highest BCUT2D eigenvalue weighted by Gasteiger charge is 2.48. The molecule has 0 spiro atoms. The van der Waals surface area contributed by atoms with Crippen LogP contribution in [0.4, 0.5) is 5.13 Å². The lowest BCUT2D eigenvalue weighted by atomic mass is 9.94. The minimum Gasteiger partial charge on any atom is -0.507 e. The van der Waals surface area contributed by atoms with Gasteiger partial charge in [0.05, 0.1) is 11.6 Å². The summed E-state index contributed by atoms with van der Waals surface area (Å²) in [5.41, 5.74) is 3.34. The van der Waals surface area contributed by atoms with Gasteiger partial charge in [0.25, 0.3) is 5.78 Å². The first-order valence-electron chi connectivity index (χ1n) is 9.11. The van der Waals surface area contributed by atoms with Crippen LogP contribution < -0.4 is 4.90 Å². The molecule has 7 heteroatoms. The van der Waals surface area contributed by atoms with E-state index in [4.69, 9.17) is 0 Å². The van der Waals surface area contributed by atoms with Crippen molar-refractivity contribution in [1.82, 2.24) is 10.2 Å². The van der Waals surface area contributed by atoms with E-state index in [9.17, 15) is 14.7 Å². The summed E-state index contributed by atoms with van der Waals surface area (Å²) in [5, 5.41) is 20.1. The number of nitrogens with zero attached hydrogens (tertiary/aromatic N) is 3. The van der Waals surface area contributed by atoms with E-state index >= 15 is 0 Å². The van der Waals surface area contributed by atoms with Crippen LogP contribution >= 0.6 is 11.3 Å². The van der Waals surface area contributed by atoms with Gasteiger partial charge in [0.2, 0.25) is 5.13 Å². The molecule has 4 rings (SSSR count). The standard InChI is InChI=1S/C22H19N3O3S/c1-12-4-8-15(9-5-12)18-17(19(26)16-10-6-13(2)7-11-16)20(27)21(28)25(18)22-24-23-14(3)29-22/h4-11,18,26H,1-3H3/b19-17+/t18-/m0/s1. The maximum Gasteiger partial charge on any atom is 0.301 e. The van der Waals surface area contributed by atoms with E-state index in [1.165, 1.54) is 16.2 Å². The van der Waals surface area contributed by atoms with Gasteiger partial charge in [-0.25, -0.2) is 0 Å². The van der Waals surface area contributed by atoms with Crippen LogP contribution in [0.15, 0.2) is 54.1 Å². The lowest BCUT2D eigenvalue weighted by Gasteiger charge is -2.22. The van der Waals surface area contributed by atoms with E-state index in [0.717, 1.165) is 16.7 Å². The van der Waals surface area contributed by atoms with Gasteiger partial charge in [0, 0.05) is 5.56 Å². The molecule has 0 radical (unpaired) electrons. The second-order valence-corrected chi connectivity index (χ2v) is 8.21. The van der Waals surface area contributed by atoms with Crippen LogP contribution in [0.3, 0.4) is 0 Å². The maximum atomic E-state index is 13.0. The van der Waals surface area contributed by atoms with Crippen molar-refractivity contribution in [3.05, 3.63) is 81.4 Å². The number of aryl methyl sites for hydroxylation is 3. The number of aromatic nitrogens is 2. The number of carbonyl (C=O) groups excluding carboxylic acids is 2. The Balaban J connectivity index is 1.93. The predicted octanol–water partition coefficient (Wildman–Crippen LogP) is 4.09. The first-order chi connectivity index (χ1) is 13.9. The average molecular weight is 405 g/mol. The molecule has 0 saturated carbocycles. The molecular formula is C22H19N3O3S. The van der Waals surface area contributed by atoms with Crippen LogP contribution in [0.2, 0.25) is 0 Å². The fourth-order valence-electron chi connectivity index (χ4n) is 3.34. The quantitative estimate of drug-likeness (QED) is 0.403. The number of aliphatic hydroxyl groups is 1. The van der Waals surface area contributed by atoms with Gasteiger partial charge in [-0.15, -0.1) is 10.2 Å². The van der Waals surface area contributed by atoms with E-state index in [-0.39, 0.29) is 11.3 Å². The summed E-state index contributed by atoms with van der Waals surface area (Å²) in [6, 6.07) is 13.9. The van der Waals surface area contributed by atoms with Crippen LogP contribution in [0.25, 0.3) is 5.76 Å². The van der Waals surface area contributed by atoms with Crippen molar-refractivity contribution in [3.63, 3.8) is 0 Å². The molecule has 1 aromatic heterocycles. The number of Topliss-reactive ketones (excluding diaryl/α,β-unsaturated/α-hetero) is 1. The van der Waals surface area contributed by atoms with Crippen molar-refractivity contribution < 1.29 is 14.7 Å². The molecule has 1 atom stereocenters.